The fourth-order valence-electron chi connectivity index (χ4n) is 4.80. The van der Waals surface area contributed by atoms with E-state index in [4.69, 9.17) is 0 Å². The highest BCUT2D eigenvalue weighted by atomic mass is 32.2. The third-order valence-corrected chi connectivity index (χ3v) is 7.69. The number of hydrogen-bond acceptors (Lipinski definition) is 5. The summed E-state index contributed by atoms with van der Waals surface area (Å²) >= 11 is 1.23. The molecular weight excluding hydrogens is 515 g/mol. The van der Waals surface area contributed by atoms with Crippen LogP contribution >= 0.6 is 11.8 Å². The zero-order valence-electron chi connectivity index (χ0n) is 19.4. The smallest absolute Gasteiger partial charge is 0.352 e. The predicted molar refractivity (Wildman–Crippen MR) is 131 cm³/mol. The van der Waals surface area contributed by atoms with Crippen molar-refractivity contribution in [2.45, 2.75) is 24.0 Å². The molecule has 2 aromatic carbocycles. The zero-order chi connectivity index (χ0) is 26.5. The average molecular weight is 537 g/mol. The number of aromatic nitrogens is 2. The van der Waals surface area contributed by atoms with Crippen LogP contribution in [0, 0.1) is 5.82 Å². The van der Waals surface area contributed by atoms with Crippen molar-refractivity contribution >= 4 is 34.4 Å². The average Bonchev–Trinajstić information content (AvgIpc) is 3.09. The van der Waals surface area contributed by atoms with E-state index < -0.39 is 35.0 Å². The second kappa shape index (κ2) is 9.47. The van der Waals surface area contributed by atoms with Crippen LogP contribution in [0.5, 0.6) is 0 Å². The van der Waals surface area contributed by atoms with Gasteiger partial charge in [-0.25, -0.2) is 13.6 Å². The van der Waals surface area contributed by atoms with Crippen LogP contribution in [0.15, 0.2) is 52.4 Å². The molecule has 0 atom stereocenters. The van der Waals surface area contributed by atoms with Crippen LogP contribution in [0.25, 0.3) is 22.0 Å². The first-order valence-electron chi connectivity index (χ1n) is 11.5. The molecule has 12 heteroatoms. The lowest BCUT2D eigenvalue weighted by Gasteiger charge is -2.35. The number of carbonyl (C=O) groups excluding carboxylic acids is 1. The van der Waals surface area contributed by atoms with E-state index in [1.54, 1.807) is 4.90 Å². The Labute approximate surface area is 212 Å². The highest BCUT2D eigenvalue weighted by Gasteiger charge is 2.38. The first-order chi connectivity index (χ1) is 17.6. The normalized spacial score (nSPS) is 16.1. The second-order valence-electron chi connectivity index (χ2n) is 8.78. The quantitative estimate of drug-likeness (QED) is 0.354. The maximum Gasteiger partial charge on any atom is 0.417 e. The molecule has 0 unspecified atom stereocenters. The molecule has 194 valence electrons. The Balaban J connectivity index is 1.74. The Kier molecular flexibility index (Phi) is 6.47. The van der Waals surface area contributed by atoms with Gasteiger partial charge in [-0.2, -0.15) is 18.2 Å². The van der Waals surface area contributed by atoms with E-state index in [9.17, 15) is 31.5 Å². The lowest BCUT2D eigenvalue weighted by Crippen LogP contribution is -2.49. The number of rotatable bonds is 3. The first kappa shape index (κ1) is 25.2. The number of alkyl halides is 3. The number of hydrogen-bond donors (Lipinski definition) is 0. The van der Waals surface area contributed by atoms with Gasteiger partial charge in [0.05, 0.1) is 11.1 Å². The minimum absolute atomic E-state index is 0.0855. The topological polar surface area (TPSA) is 58.4 Å². The number of anilines is 1. The number of aryl methyl sites for hydroxylation is 1. The fraction of sp³-hybridized carbons (Fsp3) is 0.320. The lowest BCUT2D eigenvalue weighted by molar-refractivity contribution is -0.137. The van der Waals surface area contributed by atoms with E-state index in [0.29, 0.717) is 17.7 Å². The Morgan fingerprint density at radius 3 is 2.35 bits per heavy atom. The number of nitrogens with zero attached hydrogens (tertiary/aromatic N) is 4. The fourth-order valence-corrected chi connectivity index (χ4v) is 6.01. The van der Waals surface area contributed by atoms with Crippen molar-refractivity contribution in [3.8, 4) is 11.1 Å². The van der Waals surface area contributed by atoms with Gasteiger partial charge in [-0.3, -0.25) is 9.36 Å². The van der Waals surface area contributed by atoms with E-state index in [2.05, 4.69) is 11.6 Å². The molecule has 2 aliphatic rings. The largest absolute Gasteiger partial charge is 0.417 e. The Hall–Kier alpha value is -3.41. The van der Waals surface area contributed by atoms with Gasteiger partial charge in [0, 0.05) is 48.6 Å². The van der Waals surface area contributed by atoms with Crippen molar-refractivity contribution < 1.29 is 26.7 Å². The van der Waals surface area contributed by atoms with Gasteiger partial charge in [0.15, 0.2) is 5.83 Å². The summed E-state index contributed by atoms with van der Waals surface area (Å²) in [6, 6.07) is 5.81. The molecule has 0 aliphatic carbocycles. The molecule has 5 rings (SSSR count). The van der Waals surface area contributed by atoms with Crippen LogP contribution in [-0.2, 0) is 17.5 Å². The SMILES string of the molecule is C=C(F)C(=O)N1CCN(c2nc(=O)n3c4c(c(-c5ccc(F)cc5)c(C(F)(F)F)cc24)SCCC3)CC1. The van der Waals surface area contributed by atoms with Crippen LogP contribution in [0.1, 0.15) is 12.0 Å². The summed E-state index contributed by atoms with van der Waals surface area (Å²) in [7, 11) is 0. The summed E-state index contributed by atoms with van der Waals surface area (Å²) in [6.45, 7) is 3.79. The van der Waals surface area contributed by atoms with Crippen molar-refractivity contribution in [2.75, 3.05) is 36.8 Å². The van der Waals surface area contributed by atoms with Gasteiger partial charge in [-0.1, -0.05) is 18.7 Å². The number of amides is 1. The van der Waals surface area contributed by atoms with Gasteiger partial charge in [0.2, 0.25) is 0 Å². The summed E-state index contributed by atoms with van der Waals surface area (Å²) < 4.78 is 71.7. The predicted octanol–water partition coefficient (Wildman–Crippen LogP) is 4.85. The summed E-state index contributed by atoms with van der Waals surface area (Å²) in [5.41, 5.74) is -1.07. The second-order valence-corrected chi connectivity index (χ2v) is 9.89. The Bertz CT molecular complexity index is 1460. The molecule has 1 amide bonds. The van der Waals surface area contributed by atoms with Gasteiger partial charge in [-0.05, 0) is 35.9 Å². The van der Waals surface area contributed by atoms with Gasteiger partial charge >= 0.3 is 11.9 Å². The Morgan fingerprint density at radius 2 is 1.73 bits per heavy atom. The summed E-state index contributed by atoms with van der Waals surface area (Å²) in [5, 5.41) is 0.164. The van der Waals surface area contributed by atoms with E-state index >= 15 is 0 Å². The molecule has 0 spiro atoms. The molecule has 0 bridgehead atoms. The minimum atomic E-state index is -4.74. The summed E-state index contributed by atoms with van der Waals surface area (Å²) in [5.74, 6) is -1.95. The van der Waals surface area contributed by atoms with Gasteiger partial charge in [-0.15, -0.1) is 11.8 Å². The highest BCUT2D eigenvalue weighted by molar-refractivity contribution is 7.99. The number of benzene rings is 2. The molecule has 3 heterocycles. The molecule has 0 radical (unpaired) electrons. The highest BCUT2D eigenvalue weighted by Crippen LogP contribution is 2.48. The van der Waals surface area contributed by atoms with Crippen molar-refractivity contribution in [1.29, 1.82) is 0 Å². The molecule has 3 aromatic rings. The molecule has 1 aromatic heterocycles. The van der Waals surface area contributed by atoms with Crippen LogP contribution in [0.3, 0.4) is 0 Å². The molecule has 0 saturated carbocycles. The molecule has 2 aliphatic heterocycles. The van der Waals surface area contributed by atoms with Crippen LogP contribution in [0.4, 0.5) is 27.8 Å². The zero-order valence-corrected chi connectivity index (χ0v) is 20.3. The van der Waals surface area contributed by atoms with Crippen molar-refractivity contribution in [3.05, 3.63) is 64.6 Å². The molecule has 37 heavy (non-hydrogen) atoms. The first-order valence-corrected chi connectivity index (χ1v) is 12.5. The van der Waals surface area contributed by atoms with Crippen LogP contribution < -0.4 is 10.6 Å². The van der Waals surface area contributed by atoms with Gasteiger partial charge in [0.1, 0.15) is 11.6 Å². The van der Waals surface area contributed by atoms with E-state index in [-0.39, 0.29) is 60.0 Å². The molecule has 6 nitrogen and oxygen atoms in total. The number of piperazine rings is 1. The Morgan fingerprint density at radius 1 is 1.05 bits per heavy atom. The standard InChI is InChI=1S/C25H21F5N4O2S/c1-14(26)23(35)33-10-8-32(9-11-33)22-17-13-18(25(28,29)30)19(15-3-5-16(27)6-4-15)21-20(17)34(24(36)31-22)7-2-12-37-21/h3-6,13H,1-2,7-12H2. The molecule has 1 saturated heterocycles. The van der Waals surface area contributed by atoms with Crippen molar-refractivity contribution in [1.82, 2.24) is 14.5 Å². The van der Waals surface area contributed by atoms with Crippen LogP contribution in [0.2, 0.25) is 0 Å². The molecule has 1 fully saturated rings. The number of carbonyl (C=O) groups is 1. The maximum absolute atomic E-state index is 14.5. The van der Waals surface area contributed by atoms with Crippen molar-refractivity contribution in [2.24, 2.45) is 0 Å². The lowest BCUT2D eigenvalue weighted by atomic mass is 9.96. The monoisotopic (exact) mass is 536 g/mol. The van der Waals surface area contributed by atoms with Crippen molar-refractivity contribution in [3.63, 3.8) is 0 Å². The van der Waals surface area contributed by atoms with Gasteiger partial charge in [0.25, 0.3) is 5.91 Å². The molecular formula is C25H21F5N4O2S. The number of thioether (sulfide) groups is 1. The number of halogens is 5. The van der Waals surface area contributed by atoms with Gasteiger partial charge < -0.3 is 9.80 Å². The van der Waals surface area contributed by atoms with E-state index in [1.807, 2.05) is 0 Å². The summed E-state index contributed by atoms with van der Waals surface area (Å²) in [6.07, 6.45) is -4.19. The van der Waals surface area contributed by atoms with Crippen LogP contribution in [-0.4, -0.2) is 52.3 Å². The minimum Gasteiger partial charge on any atom is -0.352 e. The van der Waals surface area contributed by atoms with E-state index in [1.165, 1.54) is 33.4 Å². The van der Waals surface area contributed by atoms with E-state index in [0.717, 1.165) is 18.2 Å². The maximum atomic E-state index is 14.5. The third kappa shape index (κ3) is 4.58. The molecule has 0 N–H and O–H groups in total. The third-order valence-electron chi connectivity index (χ3n) is 6.51. The summed E-state index contributed by atoms with van der Waals surface area (Å²) in [4.78, 5) is 32.4.